The van der Waals surface area contributed by atoms with E-state index in [1.54, 1.807) is 0 Å². The highest BCUT2D eigenvalue weighted by atomic mass is 16.5. The van der Waals surface area contributed by atoms with E-state index in [0.29, 0.717) is 38.8 Å². The fraction of sp³-hybridized carbons (Fsp3) is 0.957. The van der Waals surface area contributed by atoms with Crippen molar-refractivity contribution in [2.45, 2.75) is 233 Å². The van der Waals surface area contributed by atoms with Gasteiger partial charge in [-0.1, -0.05) is 169 Å². The first-order valence-corrected chi connectivity index (χ1v) is 23.6. The molecule has 0 radical (unpaired) electrons. The Balaban J connectivity index is 4.33. The van der Waals surface area contributed by atoms with E-state index in [9.17, 15) is 9.59 Å². The number of carbonyl (C=O) groups is 2. The molecule has 0 heterocycles. The van der Waals surface area contributed by atoms with Crippen LogP contribution < -0.4 is 5.32 Å². The molecule has 0 aromatic heterocycles. The molecule has 0 aliphatic rings. The van der Waals surface area contributed by atoms with Crippen molar-refractivity contribution in [2.75, 3.05) is 52.7 Å². The van der Waals surface area contributed by atoms with Gasteiger partial charge in [0.2, 0.25) is 11.8 Å². The van der Waals surface area contributed by atoms with E-state index in [2.05, 4.69) is 46.9 Å². The summed E-state index contributed by atoms with van der Waals surface area (Å²) in [6, 6.07) is 0. The summed E-state index contributed by atoms with van der Waals surface area (Å²) in [6.07, 6.45) is 35.1. The van der Waals surface area contributed by atoms with E-state index < -0.39 is 0 Å². The first-order valence-electron chi connectivity index (χ1n) is 23.6. The standard InChI is InChI=1S/C47H94N2O5/c1-7-9-11-13-15-17-19-21-23-25-27-29-39-52-42-37-49(38-43-53-40-30-28-26-24-22-20-18-16-14-12-10-8-2)46(51)33-32-45(50)48-36-31-35-47(5,6)54-41-34-44(3)4/h44H,7-43H2,1-6H3,(H,48,50). The number of hydrogen-bond acceptors (Lipinski definition) is 5. The molecule has 0 aliphatic heterocycles. The Morgan fingerprint density at radius 1 is 0.537 bits per heavy atom. The van der Waals surface area contributed by atoms with Gasteiger partial charge >= 0.3 is 0 Å². The number of carbonyl (C=O) groups excluding carboxylic acids is 2. The van der Waals surface area contributed by atoms with Crippen molar-refractivity contribution in [3.63, 3.8) is 0 Å². The predicted molar refractivity (Wildman–Crippen MR) is 231 cm³/mol. The van der Waals surface area contributed by atoms with Crippen molar-refractivity contribution in [2.24, 2.45) is 5.92 Å². The number of hydrogen-bond donors (Lipinski definition) is 1. The second-order valence-corrected chi connectivity index (χ2v) is 17.1. The Hall–Kier alpha value is -1.18. The molecule has 0 aliphatic carbocycles. The zero-order valence-electron chi connectivity index (χ0n) is 37.2. The molecule has 0 fully saturated rings. The minimum Gasteiger partial charge on any atom is -0.380 e. The summed E-state index contributed by atoms with van der Waals surface area (Å²) in [4.78, 5) is 27.7. The molecular weight excluding hydrogens is 673 g/mol. The maximum Gasteiger partial charge on any atom is 0.223 e. The van der Waals surface area contributed by atoms with Crippen molar-refractivity contribution in [1.29, 1.82) is 0 Å². The normalized spacial score (nSPS) is 11.8. The molecule has 0 saturated carbocycles. The van der Waals surface area contributed by atoms with Crippen molar-refractivity contribution < 1.29 is 23.8 Å². The predicted octanol–water partition coefficient (Wildman–Crippen LogP) is 12.8. The smallest absolute Gasteiger partial charge is 0.223 e. The van der Waals surface area contributed by atoms with Crippen molar-refractivity contribution in [3.8, 4) is 0 Å². The van der Waals surface area contributed by atoms with Gasteiger partial charge in [0, 0.05) is 52.3 Å². The highest BCUT2D eigenvalue weighted by molar-refractivity contribution is 5.83. The van der Waals surface area contributed by atoms with Gasteiger partial charge in [-0.05, 0) is 51.9 Å². The third-order valence-corrected chi connectivity index (χ3v) is 10.7. The van der Waals surface area contributed by atoms with Gasteiger partial charge in [0.15, 0.2) is 0 Å². The lowest BCUT2D eigenvalue weighted by Gasteiger charge is -2.26. The Kier molecular flexibility index (Phi) is 39.2. The van der Waals surface area contributed by atoms with Crippen LogP contribution in [0.25, 0.3) is 0 Å². The molecule has 0 bridgehead atoms. The van der Waals surface area contributed by atoms with Crippen LogP contribution in [0, 0.1) is 5.92 Å². The van der Waals surface area contributed by atoms with E-state index >= 15 is 0 Å². The summed E-state index contributed by atoms with van der Waals surface area (Å²) in [5.41, 5.74) is -0.194. The molecule has 0 atom stereocenters. The van der Waals surface area contributed by atoms with E-state index in [4.69, 9.17) is 14.2 Å². The van der Waals surface area contributed by atoms with Crippen LogP contribution in [-0.4, -0.2) is 75.0 Å². The fourth-order valence-corrected chi connectivity index (χ4v) is 6.86. The molecule has 0 aromatic carbocycles. The van der Waals surface area contributed by atoms with Gasteiger partial charge in [-0.15, -0.1) is 0 Å². The zero-order valence-corrected chi connectivity index (χ0v) is 37.2. The summed E-state index contributed by atoms with van der Waals surface area (Å²) in [6.45, 7) is 18.2. The largest absolute Gasteiger partial charge is 0.380 e. The van der Waals surface area contributed by atoms with E-state index in [1.807, 2.05) is 4.90 Å². The molecular formula is C47H94N2O5. The van der Waals surface area contributed by atoms with Gasteiger partial charge in [-0.2, -0.15) is 0 Å². The van der Waals surface area contributed by atoms with Crippen molar-refractivity contribution in [1.82, 2.24) is 10.2 Å². The Bertz CT molecular complexity index is 771. The quantitative estimate of drug-likeness (QED) is 0.0625. The lowest BCUT2D eigenvalue weighted by atomic mass is 10.0. The third kappa shape index (κ3) is 39.1. The Labute approximate surface area is 336 Å². The SMILES string of the molecule is CCCCCCCCCCCCCCOCCN(CCOCCCCCCCCCCCCCC)C(=O)CCC(=O)NCCCC(C)(C)OCCC(C)C. The van der Waals surface area contributed by atoms with Gasteiger partial charge in [0.1, 0.15) is 0 Å². The molecule has 0 unspecified atom stereocenters. The van der Waals surface area contributed by atoms with Crippen LogP contribution >= 0.6 is 0 Å². The minimum atomic E-state index is -0.194. The van der Waals surface area contributed by atoms with Gasteiger partial charge in [-0.25, -0.2) is 0 Å². The van der Waals surface area contributed by atoms with Crippen LogP contribution in [0.15, 0.2) is 0 Å². The lowest BCUT2D eigenvalue weighted by molar-refractivity contribution is -0.135. The summed E-state index contributed by atoms with van der Waals surface area (Å²) >= 11 is 0. The van der Waals surface area contributed by atoms with Crippen LogP contribution in [-0.2, 0) is 23.8 Å². The molecule has 0 saturated heterocycles. The number of amides is 2. The topological polar surface area (TPSA) is 77.1 Å². The number of nitrogens with one attached hydrogen (secondary N) is 1. The lowest BCUT2D eigenvalue weighted by Crippen LogP contribution is -2.37. The van der Waals surface area contributed by atoms with Crippen LogP contribution in [0.5, 0.6) is 0 Å². The molecule has 322 valence electrons. The molecule has 1 N–H and O–H groups in total. The highest BCUT2D eigenvalue weighted by Crippen LogP contribution is 2.18. The van der Waals surface area contributed by atoms with Crippen molar-refractivity contribution in [3.05, 3.63) is 0 Å². The highest BCUT2D eigenvalue weighted by Gasteiger charge is 2.19. The van der Waals surface area contributed by atoms with Crippen LogP contribution in [0.1, 0.15) is 228 Å². The van der Waals surface area contributed by atoms with Gasteiger partial charge in [-0.3, -0.25) is 9.59 Å². The van der Waals surface area contributed by atoms with E-state index in [0.717, 1.165) is 51.9 Å². The van der Waals surface area contributed by atoms with E-state index in [1.165, 1.54) is 141 Å². The summed E-state index contributed by atoms with van der Waals surface area (Å²) in [5.74, 6) is 0.577. The number of rotatable bonds is 43. The molecule has 54 heavy (non-hydrogen) atoms. The zero-order chi connectivity index (χ0) is 39.8. The summed E-state index contributed by atoms with van der Waals surface area (Å²) in [5, 5.41) is 3.01. The molecule has 0 aromatic rings. The van der Waals surface area contributed by atoms with Crippen LogP contribution in [0.2, 0.25) is 0 Å². The molecule has 0 spiro atoms. The average Bonchev–Trinajstić information content (AvgIpc) is 3.14. The molecule has 7 nitrogen and oxygen atoms in total. The van der Waals surface area contributed by atoms with E-state index in [-0.39, 0.29) is 30.3 Å². The Morgan fingerprint density at radius 3 is 1.35 bits per heavy atom. The number of nitrogens with zero attached hydrogens (tertiary/aromatic N) is 1. The maximum absolute atomic E-state index is 13.2. The second kappa shape index (κ2) is 40.0. The molecule has 7 heteroatoms. The molecule has 2 amide bonds. The third-order valence-electron chi connectivity index (χ3n) is 10.7. The monoisotopic (exact) mass is 767 g/mol. The van der Waals surface area contributed by atoms with Crippen LogP contribution in [0.4, 0.5) is 0 Å². The number of unbranched alkanes of at least 4 members (excludes halogenated alkanes) is 22. The summed E-state index contributed by atoms with van der Waals surface area (Å²) in [7, 11) is 0. The summed E-state index contributed by atoms with van der Waals surface area (Å²) < 4.78 is 18.0. The minimum absolute atomic E-state index is 0.00719. The average molecular weight is 767 g/mol. The first kappa shape index (κ1) is 52.8. The van der Waals surface area contributed by atoms with Gasteiger partial charge < -0.3 is 24.4 Å². The molecule has 0 rings (SSSR count). The van der Waals surface area contributed by atoms with Gasteiger partial charge in [0.05, 0.1) is 18.8 Å². The first-order chi connectivity index (χ1) is 26.2. The maximum atomic E-state index is 13.2. The Morgan fingerprint density at radius 2 is 0.944 bits per heavy atom. The van der Waals surface area contributed by atoms with Crippen molar-refractivity contribution >= 4 is 11.8 Å². The van der Waals surface area contributed by atoms with Crippen LogP contribution in [0.3, 0.4) is 0 Å². The van der Waals surface area contributed by atoms with Gasteiger partial charge in [0.25, 0.3) is 0 Å². The number of ether oxygens (including phenoxy) is 3. The fourth-order valence-electron chi connectivity index (χ4n) is 6.86. The second-order valence-electron chi connectivity index (χ2n) is 17.1.